The molecule has 0 spiro atoms. The molecule has 0 aliphatic carbocycles. The second-order valence-corrected chi connectivity index (χ2v) is 4.33. The molecular weight excluding hydrogens is 257 g/mol. The normalized spacial score (nSPS) is 11.7. The van der Waals surface area contributed by atoms with Crippen LogP contribution in [0.15, 0.2) is 17.9 Å². The lowest BCUT2D eigenvalue weighted by atomic mass is 9.94. The van der Waals surface area contributed by atoms with Crippen LogP contribution in [0.25, 0.3) is 0 Å². The van der Waals surface area contributed by atoms with Gasteiger partial charge in [-0.1, -0.05) is 20.8 Å². The summed E-state index contributed by atoms with van der Waals surface area (Å²) in [5, 5.41) is 0. The van der Waals surface area contributed by atoms with Gasteiger partial charge in [0.2, 0.25) is 0 Å². The molecular formula is C14H21F3O2. The van der Waals surface area contributed by atoms with Gasteiger partial charge in [0, 0.05) is 6.42 Å². The Balaban J connectivity index is 4.34. The highest BCUT2D eigenvalue weighted by Gasteiger charge is 2.27. The average Bonchev–Trinajstić information content (AvgIpc) is 2.34. The van der Waals surface area contributed by atoms with Gasteiger partial charge in [0.25, 0.3) is 0 Å². The van der Waals surface area contributed by atoms with Crippen molar-refractivity contribution in [2.75, 3.05) is 0 Å². The molecule has 0 aromatic rings. The summed E-state index contributed by atoms with van der Waals surface area (Å²) in [5.74, 6) is -0.561. The van der Waals surface area contributed by atoms with Crippen LogP contribution >= 0.6 is 0 Å². The van der Waals surface area contributed by atoms with E-state index in [4.69, 9.17) is 4.74 Å². The van der Waals surface area contributed by atoms with Crippen LogP contribution in [0.4, 0.5) is 13.2 Å². The van der Waals surface area contributed by atoms with Gasteiger partial charge < -0.3 is 4.74 Å². The summed E-state index contributed by atoms with van der Waals surface area (Å²) in [7, 11) is 0. The van der Waals surface area contributed by atoms with Crippen molar-refractivity contribution in [3.8, 4) is 0 Å². The summed E-state index contributed by atoms with van der Waals surface area (Å²) in [6.45, 7) is 5.80. The Morgan fingerprint density at radius 2 is 1.68 bits per heavy atom. The highest BCUT2D eigenvalue weighted by molar-refractivity contribution is 5.82. The topological polar surface area (TPSA) is 26.3 Å². The molecule has 0 saturated carbocycles. The lowest BCUT2D eigenvalue weighted by Gasteiger charge is -2.29. The van der Waals surface area contributed by atoms with E-state index in [0.717, 1.165) is 6.08 Å². The molecule has 0 aliphatic rings. The highest BCUT2D eigenvalue weighted by atomic mass is 19.4. The third-order valence-electron chi connectivity index (χ3n) is 3.14. The summed E-state index contributed by atoms with van der Waals surface area (Å²) in [6, 6.07) is 0. The minimum absolute atomic E-state index is 0.187. The molecule has 0 unspecified atom stereocenters. The molecule has 0 fully saturated rings. The Hall–Kier alpha value is -1.22. The predicted octanol–water partition coefficient (Wildman–Crippen LogP) is 4.55. The monoisotopic (exact) mass is 278 g/mol. The van der Waals surface area contributed by atoms with E-state index in [1.165, 1.54) is 6.08 Å². The fourth-order valence-electron chi connectivity index (χ4n) is 1.66. The molecule has 19 heavy (non-hydrogen) atoms. The molecule has 0 N–H and O–H groups in total. The van der Waals surface area contributed by atoms with Gasteiger partial charge in [0.05, 0.1) is 6.08 Å². The first-order chi connectivity index (χ1) is 8.78. The number of rotatable bonds is 7. The van der Waals surface area contributed by atoms with Crippen molar-refractivity contribution in [3.05, 3.63) is 17.9 Å². The fraction of sp³-hybridized carbons (Fsp3) is 0.714. The van der Waals surface area contributed by atoms with Crippen LogP contribution in [0.3, 0.4) is 0 Å². The Labute approximate surface area is 112 Å². The quantitative estimate of drug-likeness (QED) is 0.388. The van der Waals surface area contributed by atoms with Crippen LogP contribution in [0, 0.1) is 0 Å². The van der Waals surface area contributed by atoms with Gasteiger partial charge in [0.15, 0.2) is 0 Å². The third kappa shape index (κ3) is 7.73. The largest absolute Gasteiger partial charge is 0.456 e. The maximum absolute atomic E-state index is 11.9. The minimum Gasteiger partial charge on any atom is -0.456 e. The summed E-state index contributed by atoms with van der Waals surface area (Å²) in [6.07, 6.45) is -0.918. The van der Waals surface area contributed by atoms with Crippen molar-refractivity contribution < 1.29 is 22.7 Å². The van der Waals surface area contributed by atoms with Gasteiger partial charge >= 0.3 is 12.1 Å². The number of hydrogen-bond donors (Lipinski definition) is 0. The zero-order valence-corrected chi connectivity index (χ0v) is 11.6. The summed E-state index contributed by atoms with van der Waals surface area (Å²) in [5.41, 5.74) is 1.94. The Bertz CT molecular complexity index is 327. The van der Waals surface area contributed by atoms with E-state index < -0.39 is 24.2 Å². The van der Waals surface area contributed by atoms with Gasteiger partial charge in [-0.3, -0.25) is 0 Å². The third-order valence-corrected chi connectivity index (χ3v) is 3.14. The summed E-state index contributed by atoms with van der Waals surface area (Å²) in [4.78, 5) is 11.5. The van der Waals surface area contributed by atoms with Gasteiger partial charge in [-0.2, -0.15) is 13.2 Å². The van der Waals surface area contributed by atoms with Gasteiger partial charge in [0.1, 0.15) is 5.60 Å². The zero-order valence-electron chi connectivity index (χ0n) is 11.6. The van der Waals surface area contributed by atoms with Crippen LogP contribution < -0.4 is 0 Å². The van der Waals surface area contributed by atoms with Gasteiger partial charge in [-0.25, -0.2) is 4.79 Å². The van der Waals surface area contributed by atoms with Crippen LogP contribution in [0.5, 0.6) is 0 Å². The van der Waals surface area contributed by atoms with Gasteiger partial charge in [-0.05, 0) is 31.8 Å². The number of halogens is 3. The lowest BCUT2D eigenvalue weighted by molar-refractivity contribution is -0.154. The molecule has 0 amide bonds. The molecule has 5 heteroatoms. The van der Waals surface area contributed by atoms with Crippen molar-refractivity contribution in [3.63, 3.8) is 0 Å². The summed E-state index contributed by atoms with van der Waals surface area (Å²) >= 11 is 0. The van der Waals surface area contributed by atoms with E-state index in [1.54, 1.807) is 0 Å². The van der Waals surface area contributed by atoms with E-state index in [-0.39, 0.29) is 6.42 Å². The molecule has 0 bridgehead atoms. The Morgan fingerprint density at radius 3 is 2.11 bits per heavy atom. The van der Waals surface area contributed by atoms with E-state index in [0.29, 0.717) is 19.3 Å². The molecule has 0 atom stereocenters. The molecule has 0 saturated heterocycles. The van der Waals surface area contributed by atoms with Gasteiger partial charge in [-0.15, -0.1) is 5.73 Å². The molecule has 0 rings (SSSR count). The van der Waals surface area contributed by atoms with Crippen LogP contribution in [0.1, 0.15) is 52.9 Å². The van der Waals surface area contributed by atoms with E-state index in [1.807, 2.05) is 20.8 Å². The van der Waals surface area contributed by atoms with E-state index in [9.17, 15) is 18.0 Å². The van der Waals surface area contributed by atoms with Crippen molar-refractivity contribution >= 4 is 5.97 Å². The van der Waals surface area contributed by atoms with E-state index >= 15 is 0 Å². The Kier molecular flexibility index (Phi) is 7.53. The molecule has 2 nitrogen and oxygen atoms in total. The number of esters is 1. The fourth-order valence-corrected chi connectivity index (χ4v) is 1.66. The number of alkyl halides is 3. The van der Waals surface area contributed by atoms with Crippen LogP contribution in [-0.4, -0.2) is 17.7 Å². The number of hydrogen-bond acceptors (Lipinski definition) is 2. The number of carbonyl (C=O) groups is 1. The van der Waals surface area contributed by atoms with Crippen molar-refractivity contribution in [2.24, 2.45) is 0 Å². The number of ether oxygens (including phenoxy) is 1. The highest BCUT2D eigenvalue weighted by Crippen LogP contribution is 2.24. The standard InChI is InChI=1S/C14H21F3O2/c1-4-13(5-2,6-3)19-12(18)10-8-7-9-11-14(15,16)17/h7,10H,4-6,9,11H2,1-3H3. The first kappa shape index (κ1) is 17.8. The van der Waals surface area contributed by atoms with E-state index in [2.05, 4.69) is 5.73 Å². The van der Waals surface area contributed by atoms with Crippen LogP contribution in [-0.2, 0) is 9.53 Å². The SMILES string of the molecule is CCC(CC)(CC)OC(=O)C=C=CCCC(F)(F)F. The molecule has 0 radical (unpaired) electrons. The maximum atomic E-state index is 11.9. The average molecular weight is 278 g/mol. The summed E-state index contributed by atoms with van der Waals surface area (Å²) < 4.78 is 40.9. The minimum atomic E-state index is -4.18. The molecule has 0 aromatic heterocycles. The van der Waals surface area contributed by atoms with Crippen molar-refractivity contribution in [2.45, 2.75) is 64.7 Å². The molecule has 0 aromatic carbocycles. The molecule has 110 valence electrons. The first-order valence-electron chi connectivity index (χ1n) is 6.49. The predicted molar refractivity (Wildman–Crippen MR) is 67.6 cm³/mol. The second-order valence-electron chi connectivity index (χ2n) is 4.33. The molecule has 0 heterocycles. The number of carbonyl (C=O) groups excluding carboxylic acids is 1. The zero-order chi connectivity index (χ0) is 14.9. The second kappa shape index (κ2) is 8.05. The molecule has 0 aliphatic heterocycles. The first-order valence-corrected chi connectivity index (χ1v) is 6.49. The Morgan fingerprint density at radius 1 is 1.16 bits per heavy atom. The smallest absolute Gasteiger partial charge is 0.389 e. The van der Waals surface area contributed by atoms with Crippen LogP contribution in [0.2, 0.25) is 0 Å². The lowest BCUT2D eigenvalue weighted by Crippen LogP contribution is -2.32. The van der Waals surface area contributed by atoms with Crippen molar-refractivity contribution in [1.29, 1.82) is 0 Å². The van der Waals surface area contributed by atoms with Crippen molar-refractivity contribution in [1.82, 2.24) is 0 Å². The maximum Gasteiger partial charge on any atom is 0.389 e.